The Balaban J connectivity index is 1.06. The maximum Gasteiger partial charge on any atom is 0.0465 e. The maximum absolute atomic E-state index is 2.53. The van der Waals surface area contributed by atoms with E-state index in [0.29, 0.717) is 5.41 Å². The second-order valence-corrected chi connectivity index (χ2v) is 17.5. The van der Waals surface area contributed by atoms with Crippen LogP contribution in [0.2, 0.25) is 0 Å². The Labute approximate surface area is 299 Å². The first-order valence-corrected chi connectivity index (χ1v) is 19.7. The van der Waals surface area contributed by atoms with Gasteiger partial charge in [0.15, 0.2) is 0 Å². The summed E-state index contributed by atoms with van der Waals surface area (Å²) in [6.45, 7) is 4.79. The van der Waals surface area contributed by atoms with Crippen molar-refractivity contribution in [2.24, 2.45) is 17.8 Å². The third-order valence-electron chi connectivity index (χ3n) is 14.3. The standard InChI is InChI=1S/C49H51N/c1-47(2)45-14-8-7-13-43(45)44-24-23-42(30-46(44)47)50(40-19-15-37(16-20-40)48-31-34-27-35(32-48)29-36(28-34)33-48)41-21-17-39(18-22-41)49(25-9-4-10-26-49)38-11-5-3-6-12-38/h3,5-8,11-24,30,34-36H,4,9-10,25-29,31-33H2,1-2H3. The molecule has 0 atom stereocenters. The summed E-state index contributed by atoms with van der Waals surface area (Å²) in [5.41, 5.74) is 14.4. The average Bonchev–Trinajstić information content (AvgIpc) is 3.38. The van der Waals surface area contributed by atoms with Crippen LogP contribution in [0.4, 0.5) is 17.1 Å². The van der Waals surface area contributed by atoms with Gasteiger partial charge in [-0.2, -0.15) is 0 Å². The molecule has 5 aromatic rings. The first-order chi connectivity index (χ1) is 24.4. The van der Waals surface area contributed by atoms with Crippen LogP contribution in [0.3, 0.4) is 0 Å². The zero-order chi connectivity index (χ0) is 33.5. The monoisotopic (exact) mass is 653 g/mol. The predicted octanol–water partition coefficient (Wildman–Crippen LogP) is 13.2. The number of fused-ring (bicyclic) bond motifs is 3. The summed E-state index contributed by atoms with van der Waals surface area (Å²) in [5.74, 6) is 2.87. The van der Waals surface area contributed by atoms with Crippen LogP contribution < -0.4 is 4.90 Å². The fourth-order valence-electron chi connectivity index (χ4n) is 12.3. The molecule has 0 spiro atoms. The number of nitrogens with zero attached hydrogens (tertiary/aromatic N) is 1. The quantitative estimate of drug-likeness (QED) is 0.176. The van der Waals surface area contributed by atoms with Crippen LogP contribution >= 0.6 is 0 Å². The van der Waals surface area contributed by atoms with Crippen molar-refractivity contribution >= 4 is 17.1 Å². The van der Waals surface area contributed by atoms with Gasteiger partial charge in [-0.3, -0.25) is 0 Å². The Kier molecular flexibility index (Phi) is 7.04. The third-order valence-corrected chi connectivity index (χ3v) is 14.3. The van der Waals surface area contributed by atoms with E-state index in [1.165, 1.54) is 121 Å². The lowest BCUT2D eigenvalue weighted by Crippen LogP contribution is -2.48. The van der Waals surface area contributed by atoms with Gasteiger partial charge in [0.05, 0.1) is 0 Å². The largest absolute Gasteiger partial charge is 0.310 e. The highest BCUT2D eigenvalue weighted by Crippen LogP contribution is 2.61. The second-order valence-electron chi connectivity index (χ2n) is 17.5. The molecule has 6 aliphatic rings. The van der Waals surface area contributed by atoms with E-state index in [-0.39, 0.29) is 10.8 Å². The van der Waals surface area contributed by atoms with E-state index in [0.717, 1.165) is 17.8 Å². The highest BCUT2D eigenvalue weighted by molar-refractivity contribution is 5.85. The molecule has 0 saturated heterocycles. The molecule has 0 amide bonds. The molecule has 0 heterocycles. The van der Waals surface area contributed by atoms with Gasteiger partial charge < -0.3 is 4.90 Å². The van der Waals surface area contributed by atoms with Gasteiger partial charge in [0.1, 0.15) is 0 Å². The number of anilines is 3. The van der Waals surface area contributed by atoms with Crippen LogP contribution in [0, 0.1) is 17.8 Å². The van der Waals surface area contributed by atoms with Crippen molar-refractivity contribution in [3.8, 4) is 11.1 Å². The van der Waals surface area contributed by atoms with Crippen molar-refractivity contribution in [3.05, 3.63) is 149 Å². The zero-order valence-corrected chi connectivity index (χ0v) is 30.0. The average molecular weight is 654 g/mol. The minimum atomic E-state index is -0.0388. The van der Waals surface area contributed by atoms with Crippen LogP contribution in [-0.4, -0.2) is 0 Å². The van der Waals surface area contributed by atoms with E-state index in [2.05, 4.69) is 140 Å². The van der Waals surface area contributed by atoms with Gasteiger partial charge in [-0.25, -0.2) is 0 Å². The van der Waals surface area contributed by atoms with E-state index in [9.17, 15) is 0 Å². The van der Waals surface area contributed by atoms with E-state index in [1.54, 1.807) is 5.56 Å². The van der Waals surface area contributed by atoms with E-state index >= 15 is 0 Å². The molecule has 0 radical (unpaired) electrons. The van der Waals surface area contributed by atoms with Gasteiger partial charge in [0.25, 0.3) is 0 Å². The molecule has 5 saturated carbocycles. The second kappa shape index (κ2) is 11.5. The Morgan fingerprint density at radius 1 is 0.480 bits per heavy atom. The normalized spacial score (nSPS) is 26.7. The number of hydrogen-bond acceptors (Lipinski definition) is 1. The first-order valence-electron chi connectivity index (χ1n) is 19.7. The van der Waals surface area contributed by atoms with Crippen molar-refractivity contribution in [3.63, 3.8) is 0 Å². The van der Waals surface area contributed by atoms with E-state index < -0.39 is 0 Å². The van der Waals surface area contributed by atoms with E-state index in [4.69, 9.17) is 0 Å². The van der Waals surface area contributed by atoms with Gasteiger partial charge in [0, 0.05) is 27.9 Å². The fourth-order valence-corrected chi connectivity index (χ4v) is 12.3. The lowest BCUT2D eigenvalue weighted by Gasteiger charge is -2.57. The Morgan fingerprint density at radius 2 is 1.00 bits per heavy atom. The number of benzene rings is 5. The van der Waals surface area contributed by atoms with Crippen LogP contribution in [0.15, 0.2) is 121 Å². The van der Waals surface area contributed by atoms with E-state index in [1.807, 2.05) is 0 Å². The minimum Gasteiger partial charge on any atom is -0.310 e. The van der Waals surface area contributed by atoms with Crippen molar-refractivity contribution in [2.45, 2.75) is 101 Å². The van der Waals surface area contributed by atoms with Crippen LogP contribution in [0.5, 0.6) is 0 Å². The molecule has 5 fully saturated rings. The third kappa shape index (κ3) is 4.72. The SMILES string of the molecule is CC1(C)c2ccccc2-c2ccc(N(c3ccc(C45CC6CC(CC(C6)C4)C5)cc3)c3ccc(C4(c5ccccc5)CCCCC4)cc3)cc21. The summed E-state index contributed by atoms with van der Waals surface area (Å²) in [7, 11) is 0. The molecule has 0 unspecified atom stereocenters. The summed E-state index contributed by atoms with van der Waals surface area (Å²) in [4.78, 5) is 2.53. The fraction of sp³-hybridized carbons (Fsp3) is 0.388. The molecule has 252 valence electrons. The van der Waals surface area contributed by atoms with Crippen molar-refractivity contribution in [1.82, 2.24) is 0 Å². The molecule has 5 aromatic carbocycles. The Hall–Kier alpha value is -4.10. The van der Waals surface area contributed by atoms with Gasteiger partial charge in [0.2, 0.25) is 0 Å². The topological polar surface area (TPSA) is 3.24 Å². The van der Waals surface area contributed by atoms with Crippen LogP contribution in [0.25, 0.3) is 11.1 Å². The summed E-state index contributed by atoms with van der Waals surface area (Å²) < 4.78 is 0. The molecule has 1 heteroatoms. The highest BCUT2D eigenvalue weighted by Gasteiger charge is 2.51. The molecule has 1 nitrogen and oxygen atoms in total. The first kappa shape index (κ1) is 30.7. The number of hydrogen-bond donors (Lipinski definition) is 0. The van der Waals surface area contributed by atoms with Gasteiger partial charge in [-0.1, -0.05) is 118 Å². The molecule has 6 aliphatic carbocycles. The molecule has 0 aliphatic heterocycles. The molecule has 4 bridgehead atoms. The lowest BCUT2D eigenvalue weighted by molar-refractivity contribution is -0.00518. The van der Waals surface area contributed by atoms with Crippen molar-refractivity contribution < 1.29 is 0 Å². The summed E-state index contributed by atoms with van der Waals surface area (Å²) in [5, 5.41) is 0. The molecule has 0 N–H and O–H groups in total. The van der Waals surface area contributed by atoms with Gasteiger partial charge in [-0.15, -0.1) is 0 Å². The van der Waals surface area contributed by atoms with Crippen LogP contribution in [0.1, 0.15) is 112 Å². The van der Waals surface area contributed by atoms with Gasteiger partial charge >= 0.3 is 0 Å². The summed E-state index contributed by atoms with van der Waals surface area (Å²) >= 11 is 0. The Bertz CT molecular complexity index is 1990. The molecule has 11 rings (SSSR count). The van der Waals surface area contributed by atoms with Gasteiger partial charge in [-0.05, 0) is 150 Å². The van der Waals surface area contributed by atoms with Crippen molar-refractivity contribution in [2.75, 3.05) is 4.90 Å². The van der Waals surface area contributed by atoms with Crippen molar-refractivity contribution in [1.29, 1.82) is 0 Å². The lowest BCUT2D eigenvalue weighted by atomic mass is 9.48. The summed E-state index contributed by atoms with van der Waals surface area (Å²) in [6, 6.07) is 47.2. The molecular weight excluding hydrogens is 603 g/mol. The molecule has 50 heavy (non-hydrogen) atoms. The predicted molar refractivity (Wildman–Crippen MR) is 209 cm³/mol. The maximum atomic E-state index is 2.53. The highest BCUT2D eigenvalue weighted by atomic mass is 15.1. The summed E-state index contributed by atoms with van der Waals surface area (Å²) in [6.07, 6.45) is 15.1. The molecule has 0 aromatic heterocycles. The minimum absolute atomic E-state index is 0.0388. The zero-order valence-electron chi connectivity index (χ0n) is 30.0. The number of rotatable bonds is 6. The Morgan fingerprint density at radius 3 is 1.64 bits per heavy atom. The van der Waals surface area contributed by atoms with Crippen LogP contribution in [-0.2, 0) is 16.2 Å². The smallest absolute Gasteiger partial charge is 0.0465 e. The molecular formula is C49H51N.